The van der Waals surface area contributed by atoms with Crippen LogP contribution < -0.4 is 10.6 Å². The maximum absolute atomic E-state index is 4.74. The van der Waals surface area contributed by atoms with Crippen LogP contribution in [-0.4, -0.2) is 22.1 Å². The minimum absolute atomic E-state index is 0.185. The first-order valence-electron chi connectivity index (χ1n) is 8.47. The van der Waals surface area contributed by atoms with Crippen molar-refractivity contribution in [3.8, 4) is 0 Å². The van der Waals surface area contributed by atoms with Gasteiger partial charge in [0.25, 0.3) is 0 Å². The van der Waals surface area contributed by atoms with Crippen LogP contribution in [0.15, 0.2) is 0 Å². The van der Waals surface area contributed by atoms with Crippen molar-refractivity contribution < 1.29 is 0 Å². The van der Waals surface area contributed by atoms with E-state index in [4.69, 9.17) is 4.98 Å². The number of aryl methyl sites for hydroxylation is 1. The van der Waals surface area contributed by atoms with Crippen molar-refractivity contribution in [1.82, 2.24) is 9.97 Å². The zero-order chi connectivity index (χ0) is 15.3. The van der Waals surface area contributed by atoms with Gasteiger partial charge in [0.05, 0.1) is 0 Å². The molecule has 1 aliphatic carbocycles. The molecule has 4 nitrogen and oxygen atoms in total. The Morgan fingerprint density at radius 2 is 1.71 bits per heavy atom. The number of rotatable bonds is 6. The summed E-state index contributed by atoms with van der Waals surface area (Å²) in [6.45, 7) is 9.69. The van der Waals surface area contributed by atoms with Gasteiger partial charge < -0.3 is 10.6 Å². The summed E-state index contributed by atoms with van der Waals surface area (Å²) in [6, 6.07) is 0. The third-order valence-corrected chi connectivity index (χ3v) is 4.43. The first-order chi connectivity index (χ1) is 10.1. The largest absolute Gasteiger partial charge is 0.370 e. The quantitative estimate of drug-likeness (QED) is 0.820. The van der Waals surface area contributed by atoms with E-state index in [9.17, 15) is 0 Å². The summed E-state index contributed by atoms with van der Waals surface area (Å²) in [5, 5.41) is 7.16. The van der Waals surface area contributed by atoms with Crippen molar-refractivity contribution >= 4 is 11.6 Å². The topological polar surface area (TPSA) is 49.8 Å². The molecule has 0 amide bonds. The van der Waals surface area contributed by atoms with Crippen molar-refractivity contribution in [2.24, 2.45) is 0 Å². The van der Waals surface area contributed by atoms with Crippen molar-refractivity contribution in [3.63, 3.8) is 0 Å². The number of nitrogens with one attached hydrogen (secondary N) is 2. The van der Waals surface area contributed by atoms with Crippen LogP contribution in [0.5, 0.6) is 0 Å². The molecule has 0 aromatic carbocycles. The lowest BCUT2D eigenvalue weighted by Crippen LogP contribution is -2.37. The van der Waals surface area contributed by atoms with Crippen molar-refractivity contribution in [3.05, 3.63) is 11.4 Å². The Kier molecular flexibility index (Phi) is 5.43. The van der Waals surface area contributed by atoms with Gasteiger partial charge in [-0.25, -0.2) is 9.97 Å². The van der Waals surface area contributed by atoms with Gasteiger partial charge in [-0.1, -0.05) is 33.1 Å². The molecule has 2 N–H and O–H groups in total. The van der Waals surface area contributed by atoms with Crippen LogP contribution in [0.4, 0.5) is 11.6 Å². The summed E-state index contributed by atoms with van der Waals surface area (Å²) >= 11 is 0. The maximum Gasteiger partial charge on any atom is 0.135 e. The Bertz CT molecular complexity index is 464. The highest BCUT2D eigenvalue weighted by atomic mass is 15.1. The molecular weight excluding hydrogens is 260 g/mol. The van der Waals surface area contributed by atoms with Crippen LogP contribution in [0.1, 0.15) is 70.7 Å². The van der Waals surface area contributed by atoms with E-state index < -0.39 is 0 Å². The van der Waals surface area contributed by atoms with Crippen molar-refractivity contribution in [2.45, 2.75) is 78.2 Å². The molecule has 1 fully saturated rings. The lowest BCUT2D eigenvalue weighted by atomic mass is 9.83. The van der Waals surface area contributed by atoms with Gasteiger partial charge in [0, 0.05) is 24.1 Å². The van der Waals surface area contributed by atoms with Crippen LogP contribution in [0.25, 0.3) is 0 Å². The van der Waals surface area contributed by atoms with Gasteiger partial charge in [0.15, 0.2) is 0 Å². The molecule has 0 bridgehead atoms. The SMILES string of the molecule is CCCNc1nc(CC)nc(NC2(C)CCCCC2)c1C. The molecule has 1 aliphatic rings. The molecule has 0 aliphatic heterocycles. The van der Waals surface area contributed by atoms with E-state index in [0.717, 1.165) is 42.4 Å². The van der Waals surface area contributed by atoms with Gasteiger partial charge in [-0.15, -0.1) is 0 Å². The Hall–Kier alpha value is -1.32. The Balaban J connectivity index is 2.24. The predicted octanol–water partition coefficient (Wildman–Crippen LogP) is 4.30. The normalized spacial score (nSPS) is 17.5. The monoisotopic (exact) mass is 290 g/mol. The van der Waals surface area contributed by atoms with E-state index in [1.165, 1.54) is 32.1 Å². The van der Waals surface area contributed by atoms with E-state index in [0.29, 0.717) is 0 Å². The molecule has 0 spiro atoms. The second-order valence-electron chi connectivity index (χ2n) is 6.49. The number of aromatic nitrogens is 2. The average Bonchev–Trinajstić information content (AvgIpc) is 2.48. The standard InChI is InChI=1S/C17H30N4/c1-5-12-18-15-13(3)16(20-14(6-2)19-15)21-17(4)10-8-7-9-11-17/h5-12H2,1-4H3,(H2,18,19,20,21). The van der Waals surface area contributed by atoms with Gasteiger partial charge in [0.2, 0.25) is 0 Å². The van der Waals surface area contributed by atoms with Gasteiger partial charge in [-0.05, 0) is 33.1 Å². The Labute approximate surface area is 129 Å². The minimum Gasteiger partial charge on any atom is -0.370 e. The highest BCUT2D eigenvalue weighted by Gasteiger charge is 2.28. The van der Waals surface area contributed by atoms with Crippen LogP contribution in [0, 0.1) is 6.92 Å². The molecule has 2 rings (SSSR count). The van der Waals surface area contributed by atoms with Gasteiger partial charge >= 0.3 is 0 Å². The molecule has 1 saturated carbocycles. The summed E-state index contributed by atoms with van der Waals surface area (Å²) in [6.07, 6.45) is 8.43. The highest BCUT2D eigenvalue weighted by molar-refractivity contribution is 5.58. The van der Waals surface area contributed by atoms with Crippen LogP contribution in [0.2, 0.25) is 0 Å². The fourth-order valence-corrected chi connectivity index (χ4v) is 3.00. The molecule has 0 saturated heterocycles. The van der Waals surface area contributed by atoms with E-state index in [2.05, 4.69) is 43.3 Å². The lowest BCUT2D eigenvalue weighted by Gasteiger charge is -2.35. The van der Waals surface area contributed by atoms with Crippen LogP contribution >= 0.6 is 0 Å². The Morgan fingerprint density at radius 1 is 1.05 bits per heavy atom. The fourth-order valence-electron chi connectivity index (χ4n) is 3.00. The zero-order valence-electron chi connectivity index (χ0n) is 14.1. The average molecular weight is 290 g/mol. The van der Waals surface area contributed by atoms with Crippen LogP contribution in [-0.2, 0) is 6.42 Å². The van der Waals surface area contributed by atoms with Gasteiger partial charge in [0.1, 0.15) is 17.5 Å². The zero-order valence-corrected chi connectivity index (χ0v) is 14.1. The predicted molar refractivity (Wildman–Crippen MR) is 90.0 cm³/mol. The second-order valence-corrected chi connectivity index (χ2v) is 6.49. The molecule has 1 heterocycles. The van der Waals surface area contributed by atoms with E-state index >= 15 is 0 Å². The first kappa shape index (κ1) is 16.1. The van der Waals surface area contributed by atoms with Gasteiger partial charge in [-0.2, -0.15) is 0 Å². The second kappa shape index (κ2) is 7.10. The van der Waals surface area contributed by atoms with Crippen molar-refractivity contribution in [1.29, 1.82) is 0 Å². The molecule has 0 atom stereocenters. The highest BCUT2D eigenvalue weighted by Crippen LogP contribution is 2.32. The smallest absolute Gasteiger partial charge is 0.135 e. The maximum atomic E-state index is 4.74. The van der Waals surface area contributed by atoms with E-state index in [1.807, 2.05) is 0 Å². The number of hydrogen-bond donors (Lipinski definition) is 2. The summed E-state index contributed by atoms with van der Waals surface area (Å²) in [4.78, 5) is 9.38. The molecule has 118 valence electrons. The van der Waals surface area contributed by atoms with E-state index in [1.54, 1.807) is 0 Å². The number of hydrogen-bond acceptors (Lipinski definition) is 4. The fraction of sp³-hybridized carbons (Fsp3) is 0.765. The van der Waals surface area contributed by atoms with Crippen LogP contribution in [0.3, 0.4) is 0 Å². The molecule has 21 heavy (non-hydrogen) atoms. The summed E-state index contributed by atoms with van der Waals surface area (Å²) in [5.41, 5.74) is 1.33. The molecule has 4 heteroatoms. The number of anilines is 2. The van der Waals surface area contributed by atoms with E-state index in [-0.39, 0.29) is 5.54 Å². The van der Waals surface area contributed by atoms with Crippen molar-refractivity contribution in [2.75, 3.05) is 17.2 Å². The molecule has 0 radical (unpaired) electrons. The number of nitrogens with zero attached hydrogens (tertiary/aromatic N) is 2. The Morgan fingerprint density at radius 3 is 2.33 bits per heavy atom. The third-order valence-electron chi connectivity index (χ3n) is 4.43. The third kappa shape index (κ3) is 4.08. The summed E-state index contributed by atoms with van der Waals surface area (Å²) in [7, 11) is 0. The molecule has 1 aromatic heterocycles. The first-order valence-corrected chi connectivity index (χ1v) is 8.47. The molecule has 1 aromatic rings. The lowest BCUT2D eigenvalue weighted by molar-refractivity contribution is 0.348. The molecular formula is C17H30N4. The minimum atomic E-state index is 0.185. The summed E-state index contributed by atoms with van der Waals surface area (Å²) < 4.78 is 0. The molecule has 0 unspecified atom stereocenters. The van der Waals surface area contributed by atoms with Gasteiger partial charge in [-0.3, -0.25) is 0 Å². The summed E-state index contributed by atoms with van der Waals surface area (Å²) in [5.74, 6) is 2.93.